The van der Waals surface area contributed by atoms with E-state index in [-0.39, 0.29) is 6.79 Å². The van der Waals surface area contributed by atoms with Crippen LogP contribution in [0.3, 0.4) is 0 Å². The van der Waals surface area contributed by atoms with E-state index in [1.165, 1.54) is 5.56 Å². The standard InChI is InChI=1S/C22H16N2O3/c1-14-6-8-15(9-7-14)21-17-4-2-3-5-18(17)22(24-23-21)27-16-10-11-19-20(12-16)26-13-25-19/h2-12H,13H2,1H3. The molecule has 0 unspecified atom stereocenters. The monoisotopic (exact) mass is 356 g/mol. The van der Waals surface area contributed by atoms with Gasteiger partial charge in [-0.05, 0) is 25.1 Å². The summed E-state index contributed by atoms with van der Waals surface area (Å²) in [4.78, 5) is 0. The first kappa shape index (κ1) is 15.6. The third-order valence-corrected chi connectivity index (χ3v) is 4.54. The molecule has 0 saturated heterocycles. The van der Waals surface area contributed by atoms with Gasteiger partial charge in [-0.15, -0.1) is 10.2 Å². The largest absolute Gasteiger partial charge is 0.454 e. The predicted octanol–water partition coefficient (Wildman–Crippen LogP) is 5.13. The van der Waals surface area contributed by atoms with E-state index in [0.29, 0.717) is 23.1 Å². The van der Waals surface area contributed by atoms with Crippen LogP contribution in [-0.2, 0) is 0 Å². The van der Waals surface area contributed by atoms with Gasteiger partial charge in [-0.1, -0.05) is 48.0 Å². The zero-order chi connectivity index (χ0) is 18.2. The summed E-state index contributed by atoms with van der Waals surface area (Å²) >= 11 is 0. The van der Waals surface area contributed by atoms with E-state index in [2.05, 4.69) is 41.4 Å². The molecule has 0 radical (unpaired) electrons. The average Bonchev–Trinajstić information content (AvgIpc) is 3.17. The zero-order valence-corrected chi connectivity index (χ0v) is 14.7. The predicted molar refractivity (Wildman–Crippen MR) is 102 cm³/mol. The SMILES string of the molecule is Cc1ccc(-c2nnc(Oc3ccc4c(c3)OCO4)c3ccccc23)cc1. The van der Waals surface area contributed by atoms with E-state index in [4.69, 9.17) is 14.2 Å². The lowest BCUT2D eigenvalue weighted by molar-refractivity contribution is 0.174. The summed E-state index contributed by atoms with van der Waals surface area (Å²) in [5, 5.41) is 10.7. The van der Waals surface area contributed by atoms with Crippen molar-refractivity contribution in [1.29, 1.82) is 0 Å². The van der Waals surface area contributed by atoms with Crippen LogP contribution in [0.4, 0.5) is 0 Å². The van der Waals surface area contributed by atoms with Crippen molar-refractivity contribution in [2.24, 2.45) is 0 Å². The number of fused-ring (bicyclic) bond motifs is 2. The maximum atomic E-state index is 6.02. The average molecular weight is 356 g/mol. The highest BCUT2D eigenvalue weighted by Gasteiger charge is 2.16. The van der Waals surface area contributed by atoms with Gasteiger partial charge in [0.25, 0.3) is 0 Å². The van der Waals surface area contributed by atoms with Crippen molar-refractivity contribution in [1.82, 2.24) is 10.2 Å². The Balaban J connectivity index is 1.58. The Labute approximate surface area is 156 Å². The number of ether oxygens (including phenoxy) is 3. The molecule has 3 aromatic carbocycles. The summed E-state index contributed by atoms with van der Waals surface area (Å²) in [5.74, 6) is 2.47. The molecule has 1 aliphatic rings. The van der Waals surface area contributed by atoms with Crippen molar-refractivity contribution < 1.29 is 14.2 Å². The summed E-state index contributed by atoms with van der Waals surface area (Å²) in [5.41, 5.74) is 3.07. The Morgan fingerprint density at radius 2 is 1.59 bits per heavy atom. The highest BCUT2D eigenvalue weighted by atomic mass is 16.7. The number of hydrogen-bond acceptors (Lipinski definition) is 5. The van der Waals surface area contributed by atoms with E-state index in [1.807, 2.05) is 36.4 Å². The van der Waals surface area contributed by atoms with Crippen LogP contribution >= 0.6 is 0 Å². The van der Waals surface area contributed by atoms with Gasteiger partial charge in [0.2, 0.25) is 12.7 Å². The summed E-state index contributed by atoms with van der Waals surface area (Å²) < 4.78 is 16.8. The molecule has 2 heterocycles. The minimum Gasteiger partial charge on any atom is -0.454 e. The van der Waals surface area contributed by atoms with Crippen LogP contribution in [0, 0.1) is 6.92 Å². The molecule has 132 valence electrons. The number of hydrogen-bond donors (Lipinski definition) is 0. The fourth-order valence-corrected chi connectivity index (χ4v) is 3.13. The van der Waals surface area contributed by atoms with Crippen molar-refractivity contribution in [3.63, 3.8) is 0 Å². The Hall–Kier alpha value is -3.60. The molecule has 0 atom stereocenters. The van der Waals surface area contributed by atoms with Crippen molar-refractivity contribution >= 4 is 10.8 Å². The van der Waals surface area contributed by atoms with Gasteiger partial charge in [0.1, 0.15) is 11.4 Å². The number of benzene rings is 3. The molecule has 27 heavy (non-hydrogen) atoms. The van der Waals surface area contributed by atoms with Crippen LogP contribution in [0.5, 0.6) is 23.1 Å². The second-order valence-corrected chi connectivity index (χ2v) is 6.38. The first-order chi connectivity index (χ1) is 13.3. The molecule has 0 spiro atoms. The highest BCUT2D eigenvalue weighted by molar-refractivity contribution is 5.97. The molecule has 4 aromatic rings. The number of aromatic nitrogens is 2. The summed E-state index contributed by atoms with van der Waals surface area (Å²) in [6.45, 7) is 2.29. The van der Waals surface area contributed by atoms with E-state index >= 15 is 0 Å². The maximum Gasteiger partial charge on any atom is 0.246 e. The second kappa shape index (κ2) is 6.29. The van der Waals surface area contributed by atoms with Gasteiger partial charge in [0, 0.05) is 22.4 Å². The quantitative estimate of drug-likeness (QED) is 0.509. The lowest BCUT2D eigenvalue weighted by atomic mass is 10.0. The third-order valence-electron chi connectivity index (χ3n) is 4.54. The second-order valence-electron chi connectivity index (χ2n) is 6.38. The van der Waals surface area contributed by atoms with Crippen LogP contribution < -0.4 is 14.2 Å². The lowest BCUT2D eigenvalue weighted by Crippen LogP contribution is -1.96. The molecule has 1 aliphatic heterocycles. The molecule has 1 aromatic heterocycles. The van der Waals surface area contributed by atoms with Gasteiger partial charge in [-0.3, -0.25) is 0 Å². The summed E-state index contributed by atoms with van der Waals surface area (Å²) in [6, 6.07) is 21.7. The zero-order valence-electron chi connectivity index (χ0n) is 14.7. The van der Waals surface area contributed by atoms with Gasteiger partial charge >= 0.3 is 0 Å². The van der Waals surface area contributed by atoms with E-state index in [0.717, 1.165) is 22.0 Å². The highest BCUT2D eigenvalue weighted by Crippen LogP contribution is 2.38. The molecule has 0 aliphatic carbocycles. The normalized spacial score (nSPS) is 12.3. The fraction of sp³-hybridized carbons (Fsp3) is 0.0909. The molecule has 5 heteroatoms. The summed E-state index contributed by atoms with van der Waals surface area (Å²) in [7, 11) is 0. The minimum absolute atomic E-state index is 0.229. The smallest absolute Gasteiger partial charge is 0.246 e. The fourth-order valence-electron chi connectivity index (χ4n) is 3.13. The Morgan fingerprint density at radius 3 is 2.44 bits per heavy atom. The van der Waals surface area contributed by atoms with Crippen molar-refractivity contribution in [3.8, 4) is 34.4 Å². The molecular formula is C22H16N2O3. The van der Waals surface area contributed by atoms with Gasteiger partial charge in [-0.2, -0.15) is 0 Å². The summed E-state index contributed by atoms with van der Waals surface area (Å²) in [6.07, 6.45) is 0. The van der Waals surface area contributed by atoms with Crippen LogP contribution in [0.25, 0.3) is 22.0 Å². The number of aryl methyl sites for hydroxylation is 1. The molecule has 5 nitrogen and oxygen atoms in total. The third kappa shape index (κ3) is 2.83. The van der Waals surface area contributed by atoms with Crippen molar-refractivity contribution in [3.05, 3.63) is 72.3 Å². The molecule has 5 rings (SSSR count). The first-order valence-electron chi connectivity index (χ1n) is 8.68. The topological polar surface area (TPSA) is 53.5 Å². The molecular weight excluding hydrogens is 340 g/mol. The Morgan fingerprint density at radius 1 is 0.815 bits per heavy atom. The van der Waals surface area contributed by atoms with Crippen LogP contribution in [0.1, 0.15) is 5.56 Å². The van der Waals surface area contributed by atoms with Crippen LogP contribution in [0.2, 0.25) is 0 Å². The van der Waals surface area contributed by atoms with E-state index in [1.54, 1.807) is 6.07 Å². The molecule has 0 bridgehead atoms. The van der Waals surface area contributed by atoms with Gasteiger partial charge in [0.15, 0.2) is 11.5 Å². The van der Waals surface area contributed by atoms with Gasteiger partial charge in [-0.25, -0.2) is 0 Å². The molecule has 0 N–H and O–H groups in total. The number of rotatable bonds is 3. The number of nitrogens with zero attached hydrogens (tertiary/aromatic N) is 2. The first-order valence-corrected chi connectivity index (χ1v) is 8.68. The van der Waals surface area contributed by atoms with Crippen molar-refractivity contribution in [2.45, 2.75) is 6.92 Å². The Kier molecular flexibility index (Phi) is 3.64. The Bertz CT molecular complexity index is 1140. The minimum atomic E-state index is 0.229. The molecule has 0 saturated carbocycles. The van der Waals surface area contributed by atoms with Gasteiger partial charge < -0.3 is 14.2 Å². The van der Waals surface area contributed by atoms with Crippen molar-refractivity contribution in [2.75, 3.05) is 6.79 Å². The molecule has 0 fully saturated rings. The molecule has 0 amide bonds. The van der Waals surface area contributed by atoms with E-state index < -0.39 is 0 Å². The van der Waals surface area contributed by atoms with Gasteiger partial charge in [0.05, 0.1) is 0 Å². The lowest BCUT2D eigenvalue weighted by Gasteiger charge is -2.11. The van der Waals surface area contributed by atoms with Crippen LogP contribution in [0.15, 0.2) is 66.7 Å². The maximum absolute atomic E-state index is 6.02. The van der Waals surface area contributed by atoms with Crippen LogP contribution in [-0.4, -0.2) is 17.0 Å². The van der Waals surface area contributed by atoms with E-state index in [9.17, 15) is 0 Å².